The molecule has 2 aromatic rings. The molecule has 1 aromatic carbocycles. The molecular weight excluding hydrogens is 399 g/mol. The molecule has 0 spiro atoms. The minimum absolute atomic E-state index is 0.0843. The van der Waals surface area contributed by atoms with Crippen LogP contribution in [0.15, 0.2) is 42.0 Å². The number of pyridine rings is 1. The summed E-state index contributed by atoms with van der Waals surface area (Å²) in [5.74, 6) is -2.23. The monoisotopic (exact) mass is 417 g/mol. The average Bonchev–Trinajstić information content (AvgIpc) is 2.70. The normalized spacial score (nSPS) is 18.4. The molecule has 2 atom stereocenters. The molecule has 1 aliphatic rings. The fourth-order valence-corrected chi connectivity index (χ4v) is 3.11. The van der Waals surface area contributed by atoms with Crippen molar-refractivity contribution in [2.45, 2.75) is 32.4 Å². The number of hydrogen-bond donors (Lipinski definition) is 3. The van der Waals surface area contributed by atoms with Gasteiger partial charge in [-0.15, -0.1) is 0 Å². The van der Waals surface area contributed by atoms with E-state index in [2.05, 4.69) is 15.6 Å². The molecule has 0 saturated carbocycles. The number of nitrogens with one attached hydrogen (secondary N) is 2. The maximum absolute atomic E-state index is 14.5. The van der Waals surface area contributed by atoms with Gasteiger partial charge >= 0.3 is 0 Å². The second-order valence-electron chi connectivity index (χ2n) is 6.72. The molecule has 0 bridgehead atoms. The highest BCUT2D eigenvalue weighted by Gasteiger charge is 2.33. The summed E-state index contributed by atoms with van der Waals surface area (Å²) in [6.45, 7) is 3.14. The number of aryl methyl sites for hydroxylation is 1. The van der Waals surface area contributed by atoms with Crippen LogP contribution >= 0.6 is 0 Å². The van der Waals surface area contributed by atoms with Crippen molar-refractivity contribution in [3.8, 4) is 6.07 Å². The van der Waals surface area contributed by atoms with Crippen molar-refractivity contribution >= 4 is 11.6 Å². The van der Waals surface area contributed by atoms with Crippen LogP contribution in [0.25, 0.3) is 0 Å². The SMILES string of the molecule is Cc1cc(C#N)cnc1C(=O)Nc1ccc(F)c([C@H]2NC(N)=C(C(F)F)O[C@@H]2C)c1. The second-order valence-corrected chi connectivity index (χ2v) is 6.72. The number of amides is 1. The zero-order valence-electron chi connectivity index (χ0n) is 16.0. The van der Waals surface area contributed by atoms with E-state index in [4.69, 9.17) is 15.7 Å². The number of carbonyl (C=O) groups excluding carboxylic acids is 1. The summed E-state index contributed by atoms with van der Waals surface area (Å²) in [5.41, 5.74) is 6.87. The van der Waals surface area contributed by atoms with Crippen LogP contribution in [-0.4, -0.2) is 23.4 Å². The zero-order valence-corrected chi connectivity index (χ0v) is 16.0. The summed E-state index contributed by atoms with van der Waals surface area (Å²) in [7, 11) is 0. The number of alkyl halides is 2. The molecule has 7 nitrogen and oxygen atoms in total. The van der Waals surface area contributed by atoms with Gasteiger partial charge in [-0.25, -0.2) is 18.2 Å². The molecule has 0 aliphatic carbocycles. The smallest absolute Gasteiger partial charge is 0.298 e. The molecular formula is C20H18F3N5O2. The highest BCUT2D eigenvalue weighted by Crippen LogP contribution is 2.32. The molecule has 1 aromatic heterocycles. The lowest BCUT2D eigenvalue weighted by molar-refractivity contribution is 0.0104. The molecule has 156 valence electrons. The number of aromatic nitrogens is 1. The summed E-state index contributed by atoms with van der Waals surface area (Å²) < 4.78 is 45.5. The van der Waals surface area contributed by atoms with Crippen molar-refractivity contribution in [1.82, 2.24) is 10.3 Å². The first-order valence-corrected chi connectivity index (χ1v) is 8.89. The molecule has 0 saturated heterocycles. The van der Waals surface area contributed by atoms with Gasteiger partial charge in [-0.1, -0.05) is 0 Å². The minimum atomic E-state index is -2.90. The van der Waals surface area contributed by atoms with E-state index in [-0.39, 0.29) is 22.8 Å². The van der Waals surface area contributed by atoms with E-state index in [0.717, 1.165) is 6.07 Å². The van der Waals surface area contributed by atoms with Crippen LogP contribution in [0.1, 0.15) is 40.1 Å². The van der Waals surface area contributed by atoms with Gasteiger partial charge in [0, 0.05) is 17.4 Å². The number of allylic oxidation sites excluding steroid dienone is 1. The number of hydrogen-bond acceptors (Lipinski definition) is 6. The Balaban J connectivity index is 1.86. The third kappa shape index (κ3) is 4.15. The molecule has 10 heteroatoms. The van der Waals surface area contributed by atoms with Crippen LogP contribution < -0.4 is 16.4 Å². The Hall–Kier alpha value is -3.74. The Morgan fingerprint density at radius 2 is 2.13 bits per heavy atom. The topological polar surface area (TPSA) is 113 Å². The fourth-order valence-electron chi connectivity index (χ4n) is 3.11. The van der Waals surface area contributed by atoms with Gasteiger partial charge < -0.3 is 21.1 Å². The summed E-state index contributed by atoms with van der Waals surface area (Å²) in [6.07, 6.45) is -2.47. The van der Waals surface area contributed by atoms with Gasteiger partial charge in [0.05, 0.1) is 11.6 Å². The maximum atomic E-state index is 14.5. The number of nitrogens with two attached hydrogens (primary N) is 1. The first kappa shape index (κ1) is 21.0. The lowest BCUT2D eigenvalue weighted by Gasteiger charge is -2.33. The second kappa shape index (κ2) is 8.32. The highest BCUT2D eigenvalue weighted by atomic mass is 19.3. The number of ether oxygens (including phenoxy) is 1. The molecule has 0 radical (unpaired) electrons. The first-order valence-electron chi connectivity index (χ1n) is 8.89. The number of halogens is 3. The van der Waals surface area contributed by atoms with E-state index in [1.807, 2.05) is 6.07 Å². The minimum Gasteiger partial charge on any atom is -0.483 e. The highest BCUT2D eigenvalue weighted by molar-refractivity contribution is 6.03. The number of benzene rings is 1. The van der Waals surface area contributed by atoms with Gasteiger partial charge in [-0.2, -0.15) is 5.26 Å². The quantitative estimate of drug-likeness (QED) is 0.705. The molecule has 3 rings (SSSR count). The zero-order chi connectivity index (χ0) is 22.0. The van der Waals surface area contributed by atoms with E-state index < -0.39 is 36.1 Å². The van der Waals surface area contributed by atoms with Crippen LogP contribution in [0.5, 0.6) is 0 Å². The van der Waals surface area contributed by atoms with Gasteiger partial charge in [-0.05, 0) is 43.7 Å². The molecule has 2 heterocycles. The number of nitriles is 1. The van der Waals surface area contributed by atoms with Gasteiger partial charge in [0.1, 0.15) is 29.5 Å². The average molecular weight is 417 g/mol. The number of nitrogens with zero attached hydrogens (tertiary/aromatic N) is 2. The predicted molar refractivity (Wildman–Crippen MR) is 102 cm³/mol. The molecule has 1 aliphatic heterocycles. The largest absolute Gasteiger partial charge is 0.483 e. The number of anilines is 1. The van der Waals surface area contributed by atoms with Crippen molar-refractivity contribution in [2.75, 3.05) is 5.32 Å². The summed E-state index contributed by atoms with van der Waals surface area (Å²) in [4.78, 5) is 16.5. The van der Waals surface area contributed by atoms with Crippen LogP contribution in [0.2, 0.25) is 0 Å². The van der Waals surface area contributed by atoms with Gasteiger partial charge in [0.25, 0.3) is 12.3 Å². The Morgan fingerprint density at radius 3 is 2.77 bits per heavy atom. The van der Waals surface area contributed by atoms with Crippen LogP contribution in [0.3, 0.4) is 0 Å². The Bertz CT molecular complexity index is 1060. The lowest BCUT2D eigenvalue weighted by atomic mass is 9.99. The third-order valence-electron chi connectivity index (χ3n) is 4.57. The first-order chi connectivity index (χ1) is 14.2. The van der Waals surface area contributed by atoms with E-state index >= 15 is 0 Å². The molecule has 30 heavy (non-hydrogen) atoms. The van der Waals surface area contributed by atoms with Crippen LogP contribution in [0.4, 0.5) is 18.9 Å². The maximum Gasteiger partial charge on any atom is 0.298 e. The molecule has 0 unspecified atom stereocenters. The fraction of sp³-hybridized carbons (Fsp3) is 0.250. The third-order valence-corrected chi connectivity index (χ3v) is 4.57. The lowest BCUT2D eigenvalue weighted by Crippen LogP contribution is -2.41. The Kier molecular flexibility index (Phi) is 5.82. The standard InChI is InChI=1S/C20H18F3N5O2/c1-9-5-11(7-24)8-26-15(9)20(29)27-12-3-4-14(21)13(6-12)16-10(2)30-17(18(22)23)19(25)28-16/h3-6,8,10,16,18,28H,25H2,1-2H3,(H,27,29)/t10-,16+/m1/s1. The molecule has 1 amide bonds. The molecule has 4 N–H and O–H groups in total. The number of rotatable bonds is 4. The summed E-state index contributed by atoms with van der Waals surface area (Å²) in [6, 6.07) is 6.47. The van der Waals surface area contributed by atoms with Gasteiger partial charge in [0.2, 0.25) is 5.76 Å². The van der Waals surface area contributed by atoms with E-state index in [0.29, 0.717) is 11.1 Å². The Labute approximate surface area is 170 Å². The van der Waals surface area contributed by atoms with Gasteiger partial charge in [-0.3, -0.25) is 4.79 Å². The summed E-state index contributed by atoms with van der Waals surface area (Å²) >= 11 is 0. The predicted octanol–water partition coefficient (Wildman–Crippen LogP) is 3.10. The van der Waals surface area contributed by atoms with E-state index in [9.17, 15) is 18.0 Å². The van der Waals surface area contributed by atoms with Crippen molar-refractivity contribution in [3.63, 3.8) is 0 Å². The van der Waals surface area contributed by atoms with Crippen molar-refractivity contribution in [2.24, 2.45) is 5.73 Å². The number of carbonyl (C=O) groups is 1. The Morgan fingerprint density at radius 1 is 1.40 bits per heavy atom. The van der Waals surface area contributed by atoms with Gasteiger partial charge in [0.15, 0.2) is 0 Å². The van der Waals surface area contributed by atoms with Crippen molar-refractivity contribution < 1.29 is 22.7 Å². The summed E-state index contributed by atoms with van der Waals surface area (Å²) in [5, 5.41) is 14.2. The van der Waals surface area contributed by atoms with Crippen LogP contribution in [0, 0.1) is 24.1 Å². The van der Waals surface area contributed by atoms with E-state index in [1.54, 1.807) is 6.92 Å². The van der Waals surface area contributed by atoms with E-state index in [1.165, 1.54) is 31.3 Å². The van der Waals surface area contributed by atoms with Crippen molar-refractivity contribution in [3.05, 3.63) is 70.2 Å². The van der Waals surface area contributed by atoms with Crippen LogP contribution in [-0.2, 0) is 4.74 Å². The molecule has 0 fully saturated rings. The van der Waals surface area contributed by atoms with Crippen molar-refractivity contribution in [1.29, 1.82) is 5.26 Å².